The predicted octanol–water partition coefficient (Wildman–Crippen LogP) is 2.83. The molecule has 26 heavy (non-hydrogen) atoms. The molecule has 1 amide bonds. The third-order valence-electron chi connectivity index (χ3n) is 4.22. The summed E-state index contributed by atoms with van der Waals surface area (Å²) in [4.78, 5) is 27.6. The van der Waals surface area contributed by atoms with Crippen molar-refractivity contribution >= 4 is 28.2 Å². The molecule has 1 aliphatic rings. The van der Waals surface area contributed by atoms with Crippen molar-refractivity contribution in [3.8, 4) is 0 Å². The molecular weight excluding hydrogens is 350 g/mol. The fourth-order valence-corrected chi connectivity index (χ4v) is 3.78. The van der Waals surface area contributed by atoms with Gasteiger partial charge in [-0.1, -0.05) is 0 Å². The molecule has 4 rings (SSSR count). The number of nitrogens with one attached hydrogen (secondary N) is 1. The van der Waals surface area contributed by atoms with Crippen molar-refractivity contribution in [2.75, 3.05) is 11.9 Å². The number of hydrogen-bond donors (Lipinski definition) is 1. The Hall–Kier alpha value is -2.94. The normalized spacial score (nSPS) is 17.1. The van der Waals surface area contributed by atoms with Gasteiger partial charge in [0.25, 0.3) is 5.91 Å². The molecule has 0 saturated carbocycles. The highest BCUT2D eigenvalue weighted by Crippen LogP contribution is 2.34. The van der Waals surface area contributed by atoms with Crippen molar-refractivity contribution in [2.24, 2.45) is 0 Å². The van der Waals surface area contributed by atoms with Crippen LogP contribution >= 0.6 is 11.3 Å². The van der Waals surface area contributed by atoms with E-state index in [1.54, 1.807) is 36.9 Å². The van der Waals surface area contributed by atoms with E-state index >= 15 is 0 Å². The van der Waals surface area contributed by atoms with E-state index in [-0.39, 0.29) is 11.9 Å². The van der Waals surface area contributed by atoms with Crippen LogP contribution in [0.3, 0.4) is 0 Å². The highest BCUT2D eigenvalue weighted by Gasteiger charge is 2.31. The number of carbonyl (C=O) groups excluding carboxylic acids is 1. The number of thiazole rings is 1. The highest BCUT2D eigenvalue weighted by molar-refractivity contribution is 7.13. The molecule has 9 heteroatoms. The van der Waals surface area contributed by atoms with E-state index in [2.05, 4.69) is 30.5 Å². The average Bonchev–Trinajstić information content (AvgIpc) is 3.17. The topological polar surface area (TPSA) is 96.8 Å². The summed E-state index contributed by atoms with van der Waals surface area (Å²) in [7, 11) is 0. The first-order valence-electron chi connectivity index (χ1n) is 8.38. The van der Waals surface area contributed by atoms with Gasteiger partial charge in [0.15, 0.2) is 16.6 Å². The molecule has 3 aromatic heterocycles. The van der Waals surface area contributed by atoms with E-state index < -0.39 is 0 Å². The van der Waals surface area contributed by atoms with E-state index in [0.717, 1.165) is 30.1 Å². The average molecular weight is 367 g/mol. The number of hydrogen-bond acceptors (Lipinski definition) is 8. The first-order chi connectivity index (χ1) is 12.8. The summed E-state index contributed by atoms with van der Waals surface area (Å²) in [5, 5.41) is 13.6. The van der Waals surface area contributed by atoms with Gasteiger partial charge < -0.3 is 10.2 Å². The molecule has 0 radical (unpaired) electrons. The molecule has 1 aliphatic heterocycles. The third kappa shape index (κ3) is 3.52. The summed E-state index contributed by atoms with van der Waals surface area (Å²) in [5.41, 5.74) is 1.26. The Balaban J connectivity index is 1.54. The van der Waals surface area contributed by atoms with Crippen LogP contribution in [-0.2, 0) is 0 Å². The largest absolute Gasteiger partial charge is 0.329 e. The van der Waals surface area contributed by atoms with E-state index in [1.165, 1.54) is 11.3 Å². The fourth-order valence-electron chi connectivity index (χ4n) is 3.01. The van der Waals surface area contributed by atoms with Gasteiger partial charge in [0.1, 0.15) is 0 Å². The van der Waals surface area contributed by atoms with Gasteiger partial charge in [0.2, 0.25) is 0 Å². The van der Waals surface area contributed by atoms with Gasteiger partial charge >= 0.3 is 0 Å². The smallest absolute Gasteiger partial charge is 0.274 e. The van der Waals surface area contributed by atoms with Crippen molar-refractivity contribution in [1.82, 2.24) is 30.0 Å². The van der Waals surface area contributed by atoms with Crippen molar-refractivity contribution in [2.45, 2.75) is 25.3 Å². The molecule has 8 nitrogen and oxygen atoms in total. The van der Waals surface area contributed by atoms with Gasteiger partial charge in [-0.15, -0.1) is 16.4 Å². The molecule has 4 heterocycles. The van der Waals surface area contributed by atoms with Crippen LogP contribution in [0.15, 0.2) is 42.3 Å². The number of carbonyl (C=O) groups is 1. The minimum Gasteiger partial charge on any atom is -0.329 e. The Morgan fingerprint density at radius 1 is 1.27 bits per heavy atom. The lowest BCUT2D eigenvalue weighted by molar-refractivity contribution is 0.0599. The van der Waals surface area contributed by atoms with Crippen LogP contribution < -0.4 is 5.32 Å². The van der Waals surface area contributed by atoms with Gasteiger partial charge in [-0.2, -0.15) is 5.10 Å². The summed E-state index contributed by atoms with van der Waals surface area (Å²) in [6.07, 6.45) is 9.40. The van der Waals surface area contributed by atoms with Crippen molar-refractivity contribution in [1.29, 1.82) is 0 Å². The van der Waals surface area contributed by atoms with Crippen LogP contribution in [-0.4, -0.2) is 42.5 Å². The summed E-state index contributed by atoms with van der Waals surface area (Å²) in [5.74, 6) is 0.545. The molecule has 0 bridgehead atoms. The summed E-state index contributed by atoms with van der Waals surface area (Å²) < 4.78 is 0. The van der Waals surface area contributed by atoms with E-state index in [9.17, 15) is 4.79 Å². The second kappa shape index (κ2) is 7.52. The summed E-state index contributed by atoms with van der Waals surface area (Å²) >= 11 is 1.49. The number of aromatic nitrogens is 5. The molecule has 0 aliphatic carbocycles. The maximum atomic E-state index is 12.8. The van der Waals surface area contributed by atoms with E-state index in [1.807, 2.05) is 10.3 Å². The number of piperidine rings is 1. The summed E-state index contributed by atoms with van der Waals surface area (Å²) in [6, 6.07) is 3.38. The maximum Gasteiger partial charge on any atom is 0.274 e. The number of likely N-dealkylation sites (tertiary alicyclic amines) is 1. The van der Waals surface area contributed by atoms with Gasteiger partial charge in [-0.3, -0.25) is 9.78 Å². The lowest BCUT2D eigenvalue weighted by atomic mass is 9.99. The first kappa shape index (κ1) is 16.5. The Bertz CT molecular complexity index is 871. The van der Waals surface area contributed by atoms with Crippen LogP contribution in [0.25, 0.3) is 0 Å². The molecule has 1 N–H and O–H groups in total. The molecule has 1 atom stereocenters. The minimum atomic E-state index is -0.0979. The van der Waals surface area contributed by atoms with Crippen LogP contribution in [0.2, 0.25) is 0 Å². The molecule has 0 unspecified atom stereocenters. The molecule has 3 aromatic rings. The van der Waals surface area contributed by atoms with Crippen LogP contribution in [0, 0.1) is 0 Å². The van der Waals surface area contributed by atoms with Gasteiger partial charge in [0, 0.05) is 30.5 Å². The number of rotatable bonds is 4. The lowest BCUT2D eigenvalue weighted by Gasteiger charge is -2.34. The molecule has 0 spiro atoms. The molecular formula is C17H17N7OS. The van der Waals surface area contributed by atoms with Crippen LogP contribution in [0.1, 0.15) is 41.5 Å². The lowest BCUT2D eigenvalue weighted by Crippen LogP contribution is -2.39. The predicted molar refractivity (Wildman–Crippen MR) is 97.1 cm³/mol. The number of anilines is 2. The highest BCUT2D eigenvalue weighted by atomic mass is 32.1. The van der Waals surface area contributed by atoms with Crippen LogP contribution in [0.4, 0.5) is 10.9 Å². The molecule has 132 valence electrons. The zero-order chi connectivity index (χ0) is 17.8. The monoisotopic (exact) mass is 367 g/mol. The standard InChI is InChI=1S/C17H17N7OS/c25-16(12-4-3-6-20-23-12)24-9-2-1-5-14(24)13-11-26-17(21-13)22-15-10-18-7-8-19-15/h3-4,6-8,10-11,14H,1-2,5,9H2,(H,19,21,22)/t14-/m1/s1. The van der Waals surface area contributed by atoms with Crippen molar-refractivity contribution in [3.05, 3.63) is 53.7 Å². The third-order valence-corrected chi connectivity index (χ3v) is 4.99. The maximum absolute atomic E-state index is 12.8. The Morgan fingerprint density at radius 2 is 2.23 bits per heavy atom. The Morgan fingerprint density at radius 3 is 3.04 bits per heavy atom. The Labute approximate surface area is 154 Å². The van der Waals surface area contributed by atoms with E-state index in [0.29, 0.717) is 18.1 Å². The summed E-state index contributed by atoms with van der Waals surface area (Å²) in [6.45, 7) is 0.699. The molecule has 1 saturated heterocycles. The number of nitrogens with zero attached hydrogens (tertiary/aromatic N) is 6. The van der Waals surface area contributed by atoms with Crippen LogP contribution in [0.5, 0.6) is 0 Å². The second-order valence-electron chi connectivity index (χ2n) is 5.91. The molecule has 1 fully saturated rings. The van der Waals surface area contributed by atoms with Gasteiger partial charge in [-0.25, -0.2) is 9.97 Å². The number of amides is 1. The zero-order valence-corrected chi connectivity index (χ0v) is 14.8. The quantitative estimate of drug-likeness (QED) is 0.757. The first-order valence-corrected chi connectivity index (χ1v) is 9.26. The SMILES string of the molecule is O=C(c1cccnn1)N1CCCC[C@@H]1c1csc(Nc2cnccn2)n1. The Kier molecular flexibility index (Phi) is 4.78. The minimum absolute atomic E-state index is 0.0492. The van der Waals surface area contributed by atoms with Gasteiger partial charge in [-0.05, 0) is 31.4 Å². The van der Waals surface area contributed by atoms with Crippen molar-refractivity contribution in [3.63, 3.8) is 0 Å². The van der Waals surface area contributed by atoms with E-state index in [4.69, 9.17) is 0 Å². The van der Waals surface area contributed by atoms with Gasteiger partial charge in [0.05, 0.1) is 17.9 Å². The molecule has 0 aromatic carbocycles. The fraction of sp³-hybridized carbons (Fsp3) is 0.294. The second-order valence-corrected chi connectivity index (χ2v) is 6.77. The van der Waals surface area contributed by atoms with Crippen molar-refractivity contribution < 1.29 is 4.79 Å². The zero-order valence-electron chi connectivity index (χ0n) is 13.9.